The predicted molar refractivity (Wildman–Crippen MR) is 76.4 cm³/mol. The third-order valence-corrected chi connectivity index (χ3v) is 2.76. The van der Waals surface area contributed by atoms with E-state index in [0.717, 1.165) is 0 Å². The fraction of sp³-hybridized carbons (Fsp3) is 0.357. The van der Waals surface area contributed by atoms with Crippen LogP contribution in [0.4, 0.5) is 0 Å². The lowest BCUT2D eigenvalue weighted by molar-refractivity contribution is -0.501. The molecule has 0 aliphatic heterocycles. The van der Waals surface area contributed by atoms with Gasteiger partial charge in [0, 0.05) is 18.2 Å². The van der Waals surface area contributed by atoms with Crippen LogP contribution in [0.15, 0.2) is 38.0 Å². The average Bonchev–Trinajstić information content (AvgIpc) is 2.60. The molecule has 0 unspecified atom stereocenters. The molecule has 134 valence electrons. The molecule has 0 radical (unpaired) electrons. The Morgan fingerprint density at radius 2 is 1.17 bits per heavy atom. The van der Waals surface area contributed by atoms with Crippen LogP contribution in [0.25, 0.3) is 0 Å². The highest BCUT2D eigenvalue weighted by molar-refractivity contribution is 5.83. The number of carbonyl (C=O) groups is 3. The molecule has 0 aromatic heterocycles. The Hall–Kier alpha value is -2.53. The van der Waals surface area contributed by atoms with E-state index in [0.29, 0.717) is 18.2 Å². The van der Waals surface area contributed by atoms with E-state index in [1.54, 1.807) is 0 Å². The molecule has 0 rings (SSSR count). The summed E-state index contributed by atoms with van der Waals surface area (Å²) in [7, 11) is 0. The van der Waals surface area contributed by atoms with Gasteiger partial charge in [0.25, 0.3) is 0 Å². The molecule has 0 heterocycles. The zero-order valence-electron chi connectivity index (χ0n) is 12.7. The maximum atomic E-state index is 11.6. The molecule has 3 N–H and O–H groups in total. The fourth-order valence-electron chi connectivity index (χ4n) is 1.28. The van der Waals surface area contributed by atoms with Crippen LogP contribution in [0.5, 0.6) is 0 Å². The van der Waals surface area contributed by atoms with E-state index >= 15 is 0 Å². The van der Waals surface area contributed by atoms with Crippen molar-refractivity contribution < 1.29 is 49.0 Å². The zero-order valence-corrected chi connectivity index (χ0v) is 12.7. The fourth-order valence-corrected chi connectivity index (χ4v) is 1.28. The minimum Gasteiger partial charge on any atom is -0.395 e. The quantitative estimate of drug-likeness (QED) is 0.136. The monoisotopic (exact) mass is 346 g/mol. The standard InChI is InChI=1S/C14H18O10/c1-4-10(18)21-14(22-11(19)5-2,24-23-12(20)6-3)13(7-15,8-16)9-17/h4-6,15-17H,1-3,7-9H2. The second-order valence-corrected chi connectivity index (χ2v) is 4.25. The van der Waals surface area contributed by atoms with E-state index in [2.05, 4.69) is 29.5 Å². The third kappa shape index (κ3) is 4.73. The van der Waals surface area contributed by atoms with Crippen molar-refractivity contribution in [3.8, 4) is 0 Å². The van der Waals surface area contributed by atoms with E-state index in [4.69, 9.17) is 9.47 Å². The average molecular weight is 346 g/mol. The highest BCUT2D eigenvalue weighted by atomic mass is 17.3. The molecule has 10 heteroatoms. The number of carbonyl (C=O) groups excluding carboxylic acids is 3. The third-order valence-electron chi connectivity index (χ3n) is 2.76. The van der Waals surface area contributed by atoms with Crippen molar-refractivity contribution in [2.75, 3.05) is 19.8 Å². The number of ether oxygens (including phenoxy) is 2. The van der Waals surface area contributed by atoms with Crippen molar-refractivity contribution in [3.05, 3.63) is 38.0 Å². The molecule has 0 saturated heterocycles. The van der Waals surface area contributed by atoms with Gasteiger partial charge in [-0.05, 0) is 0 Å². The Balaban J connectivity index is 6.14. The molecular weight excluding hydrogens is 328 g/mol. The molecule has 0 atom stereocenters. The summed E-state index contributed by atoms with van der Waals surface area (Å²) >= 11 is 0. The normalized spacial score (nSPS) is 11.1. The van der Waals surface area contributed by atoms with E-state index < -0.39 is 49.1 Å². The van der Waals surface area contributed by atoms with Crippen molar-refractivity contribution in [3.63, 3.8) is 0 Å². The van der Waals surface area contributed by atoms with E-state index in [9.17, 15) is 29.7 Å². The van der Waals surface area contributed by atoms with E-state index in [1.807, 2.05) is 0 Å². The second kappa shape index (κ2) is 9.57. The molecule has 0 aromatic carbocycles. The van der Waals surface area contributed by atoms with Gasteiger partial charge < -0.3 is 24.8 Å². The van der Waals surface area contributed by atoms with Gasteiger partial charge in [0.15, 0.2) is 0 Å². The Morgan fingerprint density at radius 1 is 0.792 bits per heavy atom. The summed E-state index contributed by atoms with van der Waals surface area (Å²) in [5, 5.41) is 28.5. The van der Waals surface area contributed by atoms with Gasteiger partial charge in [-0.1, -0.05) is 24.6 Å². The summed E-state index contributed by atoms with van der Waals surface area (Å²) < 4.78 is 9.46. The van der Waals surface area contributed by atoms with Crippen LogP contribution < -0.4 is 0 Å². The molecule has 0 spiro atoms. The highest BCUT2D eigenvalue weighted by Gasteiger charge is 2.62. The van der Waals surface area contributed by atoms with Gasteiger partial charge in [0.2, 0.25) is 0 Å². The minimum atomic E-state index is -3.04. The van der Waals surface area contributed by atoms with Crippen LogP contribution in [0.2, 0.25) is 0 Å². The van der Waals surface area contributed by atoms with Crippen LogP contribution in [-0.2, 0) is 33.6 Å². The maximum absolute atomic E-state index is 11.6. The van der Waals surface area contributed by atoms with Crippen molar-refractivity contribution in [1.29, 1.82) is 0 Å². The topological polar surface area (TPSA) is 149 Å². The Morgan fingerprint density at radius 3 is 1.46 bits per heavy atom. The van der Waals surface area contributed by atoms with Crippen LogP contribution in [0.1, 0.15) is 0 Å². The number of aliphatic hydroxyl groups is 3. The SMILES string of the molecule is C=CC(=O)OOC(OC(=O)C=C)(OC(=O)C=C)C(CO)(CO)CO. The smallest absolute Gasteiger partial charge is 0.395 e. The maximum Gasteiger partial charge on any atom is 0.426 e. The van der Waals surface area contributed by atoms with Crippen LogP contribution in [0.3, 0.4) is 0 Å². The molecule has 10 nitrogen and oxygen atoms in total. The van der Waals surface area contributed by atoms with Crippen molar-refractivity contribution in [1.82, 2.24) is 0 Å². The van der Waals surface area contributed by atoms with Gasteiger partial charge in [-0.3, -0.25) is 4.89 Å². The van der Waals surface area contributed by atoms with Crippen LogP contribution in [-0.4, -0.2) is 59.0 Å². The summed E-state index contributed by atoms with van der Waals surface area (Å²) in [5.74, 6) is -6.73. The lowest BCUT2D eigenvalue weighted by Gasteiger charge is -2.41. The zero-order chi connectivity index (χ0) is 18.8. The first kappa shape index (κ1) is 21.5. The Bertz CT molecular complexity index is 475. The largest absolute Gasteiger partial charge is 0.426 e. The van der Waals surface area contributed by atoms with Crippen molar-refractivity contribution in [2.24, 2.45) is 5.41 Å². The van der Waals surface area contributed by atoms with Crippen molar-refractivity contribution >= 4 is 17.9 Å². The molecule has 0 amide bonds. The van der Waals surface area contributed by atoms with E-state index in [1.165, 1.54) is 0 Å². The molecule has 0 bridgehead atoms. The number of hydrogen-bond acceptors (Lipinski definition) is 10. The number of esters is 2. The van der Waals surface area contributed by atoms with Crippen LogP contribution in [0, 0.1) is 5.41 Å². The summed E-state index contributed by atoms with van der Waals surface area (Å²) in [5.41, 5.74) is -2.31. The first-order chi connectivity index (χ1) is 11.3. The molecule has 24 heavy (non-hydrogen) atoms. The minimum absolute atomic E-state index is 0.631. The lowest BCUT2D eigenvalue weighted by atomic mass is 9.87. The lowest BCUT2D eigenvalue weighted by Crippen LogP contribution is -2.61. The molecule has 0 aliphatic carbocycles. The first-order valence-corrected chi connectivity index (χ1v) is 6.35. The molecular formula is C14H18O10. The second-order valence-electron chi connectivity index (χ2n) is 4.25. The number of hydrogen-bond donors (Lipinski definition) is 3. The van der Waals surface area contributed by atoms with E-state index in [-0.39, 0.29) is 0 Å². The summed E-state index contributed by atoms with van der Waals surface area (Å²) in [6.45, 7) is 5.98. The Kier molecular flexibility index (Phi) is 8.56. The number of rotatable bonds is 11. The summed E-state index contributed by atoms with van der Waals surface area (Å²) in [4.78, 5) is 43.1. The van der Waals surface area contributed by atoms with Gasteiger partial charge in [0.1, 0.15) is 5.41 Å². The molecule has 0 aromatic rings. The molecule has 0 saturated carbocycles. The molecule has 0 fully saturated rings. The van der Waals surface area contributed by atoms with Gasteiger partial charge >= 0.3 is 23.9 Å². The molecule has 0 aliphatic rings. The van der Waals surface area contributed by atoms with Crippen molar-refractivity contribution in [2.45, 2.75) is 5.97 Å². The van der Waals surface area contributed by atoms with Crippen LogP contribution >= 0.6 is 0 Å². The Labute approximate surface area is 137 Å². The predicted octanol–water partition coefficient (Wildman–Crippen LogP) is -1.28. The van der Waals surface area contributed by atoms with Gasteiger partial charge in [-0.15, -0.1) is 0 Å². The number of aliphatic hydroxyl groups excluding tert-OH is 3. The highest BCUT2D eigenvalue weighted by Crippen LogP contribution is 2.37. The van der Waals surface area contributed by atoms with Gasteiger partial charge in [-0.25, -0.2) is 14.4 Å². The summed E-state index contributed by atoms with van der Waals surface area (Å²) in [6, 6.07) is 0. The first-order valence-electron chi connectivity index (χ1n) is 6.35. The summed E-state index contributed by atoms with van der Waals surface area (Å²) in [6.07, 6.45) is 1.92. The van der Waals surface area contributed by atoms with Gasteiger partial charge in [0.05, 0.1) is 19.8 Å². The van der Waals surface area contributed by atoms with Gasteiger partial charge in [-0.2, -0.15) is 0 Å².